The Bertz CT molecular complexity index is 1130. The fraction of sp³-hybridized carbons (Fsp3) is 0.682. The first-order chi connectivity index (χ1) is 15.6. The summed E-state index contributed by atoms with van der Waals surface area (Å²) in [6.07, 6.45) is 7.26. The van der Waals surface area contributed by atoms with E-state index in [2.05, 4.69) is 10.1 Å². The minimum atomic E-state index is -0.938. The molecule has 0 spiro atoms. The number of nitrogens with one attached hydrogen (secondary N) is 1. The minimum Gasteiger partial charge on any atom is -0.477 e. The largest absolute Gasteiger partial charge is 0.477 e. The Balaban J connectivity index is 1.62. The molecule has 2 N–H and O–H groups in total. The zero-order valence-electron chi connectivity index (χ0n) is 18.6. The van der Waals surface area contributed by atoms with E-state index in [1.54, 1.807) is 0 Å². The number of H-pyrrole nitrogens is 1. The van der Waals surface area contributed by atoms with E-state index >= 15 is 0 Å². The van der Waals surface area contributed by atoms with Crippen LogP contribution < -0.4 is 11.2 Å². The summed E-state index contributed by atoms with van der Waals surface area (Å²) in [6, 6.07) is -0.338. The lowest BCUT2D eigenvalue weighted by Gasteiger charge is -2.44. The Kier molecular flexibility index (Phi) is 7.03. The lowest BCUT2D eigenvalue weighted by Crippen LogP contribution is -2.48. The van der Waals surface area contributed by atoms with Crippen LogP contribution in [0, 0.1) is 5.92 Å². The Morgan fingerprint density at radius 3 is 2.39 bits per heavy atom. The normalized spacial score (nSPS) is 26.9. The number of halogens is 2. The Hall–Kier alpha value is -1.71. The van der Waals surface area contributed by atoms with Crippen molar-refractivity contribution in [2.75, 3.05) is 0 Å². The van der Waals surface area contributed by atoms with Crippen molar-refractivity contribution in [3.8, 4) is 0 Å². The maximum Gasteiger partial charge on any atom is 0.347 e. The Morgan fingerprint density at radius 2 is 1.82 bits per heavy atom. The highest BCUT2D eigenvalue weighted by atomic mass is 35.5. The van der Waals surface area contributed by atoms with Crippen molar-refractivity contribution >= 4 is 40.5 Å². The van der Waals surface area contributed by atoms with Crippen molar-refractivity contribution in [1.82, 2.24) is 19.7 Å². The van der Waals surface area contributed by atoms with Gasteiger partial charge in [-0.1, -0.05) is 33.1 Å². The van der Waals surface area contributed by atoms with Gasteiger partial charge in [-0.05, 0) is 25.7 Å². The fourth-order valence-electron chi connectivity index (χ4n) is 5.42. The van der Waals surface area contributed by atoms with Crippen molar-refractivity contribution in [3.63, 3.8) is 0 Å². The zero-order valence-corrected chi connectivity index (χ0v) is 20.9. The van der Waals surface area contributed by atoms with E-state index in [1.165, 1.54) is 22.4 Å². The molecule has 2 aliphatic carbocycles. The van der Waals surface area contributed by atoms with Crippen molar-refractivity contribution in [3.05, 3.63) is 42.6 Å². The van der Waals surface area contributed by atoms with Gasteiger partial charge < -0.3 is 5.11 Å². The van der Waals surface area contributed by atoms with Crippen LogP contribution in [0.15, 0.2) is 15.8 Å². The molecule has 2 aliphatic rings. The van der Waals surface area contributed by atoms with Gasteiger partial charge in [0.2, 0.25) is 0 Å². The van der Waals surface area contributed by atoms with Gasteiger partial charge >= 0.3 is 11.7 Å². The topological polar surface area (TPSA) is 118 Å². The average Bonchev–Trinajstić information content (AvgIpc) is 3.20. The van der Waals surface area contributed by atoms with E-state index in [4.69, 9.17) is 28.2 Å². The van der Waals surface area contributed by atoms with Gasteiger partial charge in [-0.15, -0.1) is 34.5 Å². The number of thiazole rings is 1. The summed E-state index contributed by atoms with van der Waals surface area (Å²) in [7, 11) is 0. The van der Waals surface area contributed by atoms with Gasteiger partial charge in [-0.2, -0.15) is 5.10 Å². The number of nitrogens with zero attached hydrogens (tertiary/aromatic N) is 3. The van der Waals surface area contributed by atoms with Crippen LogP contribution in [0.1, 0.15) is 91.1 Å². The second-order valence-corrected chi connectivity index (χ2v) is 11.8. The van der Waals surface area contributed by atoms with E-state index in [9.17, 15) is 19.5 Å². The number of hydrogen-bond acceptors (Lipinski definition) is 6. The third kappa shape index (κ3) is 4.77. The number of aromatic amines is 1. The molecule has 33 heavy (non-hydrogen) atoms. The van der Waals surface area contributed by atoms with Gasteiger partial charge in [-0.3, -0.25) is 9.78 Å². The fourth-order valence-corrected chi connectivity index (χ4v) is 8.03. The maximum atomic E-state index is 12.2. The summed E-state index contributed by atoms with van der Waals surface area (Å²) in [5, 5.41) is 13.8. The lowest BCUT2D eigenvalue weighted by atomic mass is 9.69. The number of carboxylic acids is 1. The molecule has 0 bridgehead atoms. The van der Waals surface area contributed by atoms with E-state index in [1.807, 2.05) is 13.8 Å². The van der Waals surface area contributed by atoms with Crippen molar-refractivity contribution < 1.29 is 9.90 Å². The first kappa shape index (κ1) is 24.4. The molecule has 8 nitrogen and oxygen atoms in total. The predicted molar refractivity (Wildman–Crippen MR) is 128 cm³/mol. The molecule has 0 saturated heterocycles. The smallest absolute Gasteiger partial charge is 0.347 e. The average molecular weight is 515 g/mol. The molecule has 2 heterocycles. The molecule has 0 aliphatic heterocycles. The van der Waals surface area contributed by atoms with Gasteiger partial charge in [-0.25, -0.2) is 19.3 Å². The number of aromatic carboxylic acids is 1. The molecule has 11 heteroatoms. The summed E-state index contributed by atoms with van der Waals surface area (Å²) < 4.78 is 1.24. The van der Waals surface area contributed by atoms with Crippen LogP contribution >= 0.6 is 34.5 Å². The molecule has 4 rings (SSSR count). The number of aromatic nitrogens is 4. The van der Waals surface area contributed by atoms with Gasteiger partial charge in [0, 0.05) is 28.0 Å². The molecular weight excluding hydrogens is 487 g/mol. The van der Waals surface area contributed by atoms with E-state index in [0.29, 0.717) is 23.4 Å². The van der Waals surface area contributed by atoms with E-state index in [-0.39, 0.29) is 17.9 Å². The molecule has 2 atom stereocenters. The number of rotatable bonds is 5. The molecule has 2 fully saturated rings. The lowest BCUT2D eigenvalue weighted by molar-refractivity contribution is 0.0700. The zero-order chi connectivity index (χ0) is 23.9. The predicted octanol–water partition coefficient (Wildman–Crippen LogP) is 4.28. The van der Waals surface area contributed by atoms with Crippen LogP contribution in [-0.4, -0.2) is 41.6 Å². The van der Waals surface area contributed by atoms with E-state index < -0.39 is 33.4 Å². The summed E-state index contributed by atoms with van der Waals surface area (Å²) in [5.41, 5.74) is -0.997. The van der Waals surface area contributed by atoms with E-state index in [0.717, 1.165) is 36.9 Å². The van der Waals surface area contributed by atoms with Crippen molar-refractivity contribution in [1.29, 1.82) is 0 Å². The third-order valence-electron chi connectivity index (χ3n) is 7.08. The third-order valence-corrected chi connectivity index (χ3v) is 9.38. The monoisotopic (exact) mass is 514 g/mol. The van der Waals surface area contributed by atoms with Gasteiger partial charge in [0.1, 0.15) is 11.1 Å². The standard InChI is InChI=1S/C22H28Cl2N4O4S/c1-22(2,20-27-17(18(33-20)19(30)31)11-6-4-3-5-7-11)16-13(23)8-12(9-14(16)24)28-21(32)26-15(29)10-25-28/h10-14,16H,3-9H2,1-2H3,(H,30,31)(H,26,29,32). The Morgan fingerprint density at radius 1 is 1.18 bits per heavy atom. The first-order valence-corrected chi connectivity index (χ1v) is 13.0. The number of hydrogen-bond donors (Lipinski definition) is 2. The molecule has 180 valence electrons. The molecule has 2 unspecified atom stereocenters. The van der Waals surface area contributed by atoms with Crippen molar-refractivity contribution in [2.45, 2.75) is 86.9 Å². The maximum absolute atomic E-state index is 12.2. The molecule has 0 amide bonds. The second kappa shape index (κ2) is 9.50. The minimum absolute atomic E-state index is 0.179. The SMILES string of the molecule is CC(C)(c1nc(C2CCCCC2)c(C(=O)O)s1)C1C(Cl)CC(n2ncc(=O)[nH]c2=O)CC1Cl. The first-order valence-electron chi connectivity index (χ1n) is 11.3. The van der Waals surface area contributed by atoms with Gasteiger partial charge in [0.15, 0.2) is 0 Å². The highest BCUT2D eigenvalue weighted by Gasteiger charge is 2.48. The molecule has 0 aromatic carbocycles. The van der Waals surface area contributed by atoms with Gasteiger partial charge in [0.25, 0.3) is 5.56 Å². The van der Waals surface area contributed by atoms with Crippen LogP contribution in [0.5, 0.6) is 0 Å². The van der Waals surface area contributed by atoms with Crippen LogP contribution in [0.4, 0.5) is 0 Å². The summed E-state index contributed by atoms with van der Waals surface area (Å²) in [4.78, 5) is 43.0. The van der Waals surface area contributed by atoms with Gasteiger partial charge in [0.05, 0.1) is 16.7 Å². The van der Waals surface area contributed by atoms with Crippen LogP contribution in [-0.2, 0) is 5.41 Å². The second-order valence-electron chi connectivity index (χ2n) is 9.66. The quantitative estimate of drug-likeness (QED) is 0.574. The highest BCUT2D eigenvalue weighted by Crippen LogP contribution is 2.49. The molecule has 2 saturated carbocycles. The van der Waals surface area contributed by atoms with Crippen LogP contribution in [0.3, 0.4) is 0 Å². The van der Waals surface area contributed by atoms with Crippen LogP contribution in [0.25, 0.3) is 0 Å². The number of carbonyl (C=O) groups is 1. The number of alkyl halides is 2. The van der Waals surface area contributed by atoms with Crippen LogP contribution in [0.2, 0.25) is 0 Å². The molecule has 2 aromatic heterocycles. The molecule has 2 aromatic rings. The summed E-state index contributed by atoms with van der Waals surface area (Å²) >= 11 is 14.9. The summed E-state index contributed by atoms with van der Waals surface area (Å²) in [6.45, 7) is 4.03. The summed E-state index contributed by atoms with van der Waals surface area (Å²) in [5.74, 6) is -0.951. The Labute approximate surface area is 205 Å². The van der Waals surface area contributed by atoms with Crippen molar-refractivity contribution in [2.24, 2.45) is 5.92 Å². The molecular formula is C22H28Cl2N4O4S. The number of carboxylic acid groups (broad SMARTS) is 1. The molecule has 0 radical (unpaired) electrons. The highest BCUT2D eigenvalue weighted by molar-refractivity contribution is 7.13.